The molecule has 1 aliphatic rings. The van der Waals surface area contributed by atoms with Crippen molar-refractivity contribution >= 4 is 53.3 Å². The van der Waals surface area contributed by atoms with Gasteiger partial charge in [-0.15, -0.1) is 11.3 Å². The molecule has 9 aromatic rings. The number of aromatic nitrogens is 4. The summed E-state index contributed by atoms with van der Waals surface area (Å²) in [5.41, 5.74) is 10.9. The molecule has 47 heavy (non-hydrogen) atoms. The van der Waals surface area contributed by atoms with Crippen molar-refractivity contribution in [3.05, 3.63) is 145 Å². The Morgan fingerprint density at radius 1 is 0.574 bits per heavy atom. The summed E-state index contributed by atoms with van der Waals surface area (Å²) < 4.78 is 4.77. The molecule has 0 N–H and O–H groups in total. The second-order valence-electron chi connectivity index (χ2n) is 12.9. The summed E-state index contributed by atoms with van der Waals surface area (Å²) in [7, 11) is 0. The zero-order valence-electron chi connectivity index (χ0n) is 25.9. The lowest BCUT2D eigenvalue weighted by Crippen LogP contribution is -2.14. The molecule has 0 amide bonds. The van der Waals surface area contributed by atoms with Gasteiger partial charge in [0.25, 0.3) is 0 Å². The Bertz CT molecular complexity index is 2710. The Kier molecular flexibility index (Phi) is 5.47. The van der Waals surface area contributed by atoms with Gasteiger partial charge in [0.2, 0.25) is 5.95 Å². The fourth-order valence-corrected chi connectivity index (χ4v) is 8.94. The van der Waals surface area contributed by atoms with E-state index in [2.05, 4.69) is 151 Å². The van der Waals surface area contributed by atoms with Crippen molar-refractivity contribution in [1.29, 1.82) is 0 Å². The van der Waals surface area contributed by atoms with Crippen molar-refractivity contribution in [1.82, 2.24) is 19.5 Å². The Labute approximate surface area is 275 Å². The number of para-hydroxylation sites is 1. The maximum Gasteiger partial charge on any atom is 0.238 e. The van der Waals surface area contributed by atoms with Crippen molar-refractivity contribution in [2.24, 2.45) is 0 Å². The minimum absolute atomic E-state index is 0.0291. The van der Waals surface area contributed by atoms with Gasteiger partial charge in [-0.3, -0.25) is 4.57 Å². The van der Waals surface area contributed by atoms with Crippen molar-refractivity contribution in [2.45, 2.75) is 19.3 Å². The van der Waals surface area contributed by atoms with Gasteiger partial charge >= 0.3 is 0 Å². The fourth-order valence-electron chi connectivity index (χ4n) is 7.68. The predicted octanol–water partition coefficient (Wildman–Crippen LogP) is 11.0. The van der Waals surface area contributed by atoms with E-state index in [1.54, 1.807) is 6.33 Å². The molecule has 0 saturated heterocycles. The van der Waals surface area contributed by atoms with Crippen LogP contribution in [0.3, 0.4) is 0 Å². The van der Waals surface area contributed by atoms with Crippen molar-refractivity contribution in [2.75, 3.05) is 0 Å². The van der Waals surface area contributed by atoms with Crippen LogP contribution in [0.1, 0.15) is 25.0 Å². The van der Waals surface area contributed by atoms with E-state index < -0.39 is 0 Å². The molecule has 0 spiro atoms. The van der Waals surface area contributed by atoms with E-state index in [1.807, 2.05) is 11.3 Å². The van der Waals surface area contributed by atoms with E-state index in [4.69, 9.17) is 9.97 Å². The summed E-state index contributed by atoms with van der Waals surface area (Å²) in [5, 5.41) is 5.03. The summed E-state index contributed by atoms with van der Waals surface area (Å²) in [6, 6.07) is 45.9. The van der Waals surface area contributed by atoms with Gasteiger partial charge < -0.3 is 0 Å². The van der Waals surface area contributed by atoms with E-state index in [1.165, 1.54) is 64.3 Å². The molecule has 3 aromatic heterocycles. The molecule has 0 aliphatic heterocycles. The molecule has 222 valence electrons. The molecule has 1 aliphatic carbocycles. The zero-order chi connectivity index (χ0) is 31.3. The first kappa shape index (κ1) is 26.6. The third-order valence-corrected chi connectivity index (χ3v) is 11.2. The maximum atomic E-state index is 5.04. The minimum atomic E-state index is -0.0291. The first-order valence-electron chi connectivity index (χ1n) is 15.9. The van der Waals surface area contributed by atoms with Crippen LogP contribution in [0.4, 0.5) is 0 Å². The van der Waals surface area contributed by atoms with Crippen molar-refractivity contribution < 1.29 is 0 Å². The molecular formula is C42H28N4S. The van der Waals surface area contributed by atoms with Gasteiger partial charge in [-0.1, -0.05) is 117 Å². The Morgan fingerprint density at radius 2 is 1.30 bits per heavy atom. The molecule has 5 heteroatoms. The monoisotopic (exact) mass is 620 g/mol. The highest BCUT2D eigenvalue weighted by molar-refractivity contribution is 7.26. The van der Waals surface area contributed by atoms with Gasteiger partial charge in [-0.05, 0) is 57.6 Å². The van der Waals surface area contributed by atoms with E-state index in [-0.39, 0.29) is 5.41 Å². The van der Waals surface area contributed by atoms with Gasteiger partial charge in [-0.25, -0.2) is 9.97 Å². The number of benzene rings is 6. The van der Waals surface area contributed by atoms with Crippen LogP contribution in [-0.4, -0.2) is 19.5 Å². The van der Waals surface area contributed by atoms with Gasteiger partial charge in [0.1, 0.15) is 6.33 Å². The van der Waals surface area contributed by atoms with Crippen LogP contribution in [0.25, 0.3) is 81.6 Å². The lowest BCUT2D eigenvalue weighted by atomic mass is 9.81. The van der Waals surface area contributed by atoms with E-state index in [0.29, 0.717) is 11.8 Å². The fraction of sp³-hybridized carbons (Fsp3) is 0.0714. The molecule has 0 atom stereocenters. The quantitative estimate of drug-likeness (QED) is 0.197. The van der Waals surface area contributed by atoms with Crippen molar-refractivity contribution in [3.8, 4) is 39.6 Å². The number of nitrogens with zero attached hydrogens (tertiary/aromatic N) is 4. The van der Waals surface area contributed by atoms with Crippen LogP contribution < -0.4 is 0 Å². The second kappa shape index (κ2) is 9.68. The van der Waals surface area contributed by atoms with E-state index >= 15 is 0 Å². The molecule has 6 aromatic carbocycles. The lowest BCUT2D eigenvalue weighted by Gasteiger charge is -2.22. The average molecular weight is 621 g/mol. The highest BCUT2D eigenvalue weighted by atomic mass is 32.1. The zero-order valence-corrected chi connectivity index (χ0v) is 26.7. The van der Waals surface area contributed by atoms with Gasteiger partial charge in [0.05, 0.1) is 11.0 Å². The van der Waals surface area contributed by atoms with Crippen LogP contribution in [0.5, 0.6) is 0 Å². The first-order chi connectivity index (χ1) is 23.1. The number of fused-ring (bicyclic) bond motifs is 10. The van der Waals surface area contributed by atoms with Crippen LogP contribution in [0.2, 0.25) is 0 Å². The molecule has 10 rings (SSSR count). The molecule has 0 bridgehead atoms. The third kappa shape index (κ3) is 3.78. The topological polar surface area (TPSA) is 43.6 Å². The van der Waals surface area contributed by atoms with E-state index in [0.717, 1.165) is 16.6 Å². The Morgan fingerprint density at radius 3 is 2.19 bits per heavy atom. The summed E-state index contributed by atoms with van der Waals surface area (Å²) in [6.07, 6.45) is 1.63. The van der Waals surface area contributed by atoms with Gasteiger partial charge in [-0.2, -0.15) is 4.98 Å². The Balaban J connectivity index is 1.06. The minimum Gasteiger partial charge on any atom is -0.278 e. The normalized spacial score (nSPS) is 13.5. The van der Waals surface area contributed by atoms with Crippen LogP contribution in [0.15, 0.2) is 134 Å². The lowest BCUT2D eigenvalue weighted by molar-refractivity contribution is 0.660. The van der Waals surface area contributed by atoms with Gasteiger partial charge in [0, 0.05) is 41.9 Å². The average Bonchev–Trinajstić information content (AvgIpc) is 3.74. The Hall–Kier alpha value is -5.65. The smallest absolute Gasteiger partial charge is 0.238 e. The number of thiophene rings is 1. The van der Waals surface area contributed by atoms with Crippen LogP contribution in [-0.2, 0) is 5.41 Å². The molecule has 0 fully saturated rings. The highest BCUT2D eigenvalue weighted by Gasteiger charge is 2.35. The largest absolute Gasteiger partial charge is 0.278 e. The number of hydrogen-bond donors (Lipinski definition) is 0. The maximum absolute atomic E-state index is 5.04. The summed E-state index contributed by atoms with van der Waals surface area (Å²) >= 11 is 1.85. The number of hydrogen-bond acceptors (Lipinski definition) is 4. The first-order valence-corrected chi connectivity index (χ1v) is 16.8. The van der Waals surface area contributed by atoms with E-state index in [9.17, 15) is 0 Å². The predicted molar refractivity (Wildman–Crippen MR) is 195 cm³/mol. The van der Waals surface area contributed by atoms with Gasteiger partial charge in [0.15, 0.2) is 5.82 Å². The molecule has 0 saturated carbocycles. The van der Waals surface area contributed by atoms with Crippen LogP contribution >= 0.6 is 11.3 Å². The summed E-state index contributed by atoms with van der Waals surface area (Å²) in [6.45, 7) is 4.65. The standard InChI is InChI=1S/C42H28N4S/c1-42(2)33-12-6-3-9-28(33)29-20-19-27(23-34(29)42)25-15-17-26(18-16-25)40-43-24-44-41(45-40)46-35-13-7-4-11-32(35)38-36(46)22-21-31-30-10-5-8-14-37(30)47-39(31)38/h3-24H,1-2H3. The second-order valence-corrected chi connectivity index (χ2v) is 14.0. The van der Waals surface area contributed by atoms with Crippen LogP contribution in [0, 0.1) is 0 Å². The van der Waals surface area contributed by atoms with Crippen molar-refractivity contribution in [3.63, 3.8) is 0 Å². The SMILES string of the molecule is CC1(C)c2ccccc2-c2ccc(-c3ccc(-c4ncnc(-n5c6ccccc6c6c7sc8ccccc8c7ccc65)n4)cc3)cc21. The summed E-state index contributed by atoms with van der Waals surface area (Å²) in [4.78, 5) is 14.4. The third-order valence-electron chi connectivity index (χ3n) is 10.00. The summed E-state index contributed by atoms with van der Waals surface area (Å²) in [5.74, 6) is 1.27. The molecular weight excluding hydrogens is 593 g/mol. The molecule has 4 nitrogen and oxygen atoms in total. The molecule has 3 heterocycles. The molecule has 0 radical (unpaired) electrons. The molecule has 0 unspecified atom stereocenters. The number of rotatable bonds is 3. The highest BCUT2D eigenvalue weighted by Crippen LogP contribution is 2.49.